The van der Waals surface area contributed by atoms with Gasteiger partial charge in [0, 0.05) is 18.6 Å². The van der Waals surface area contributed by atoms with Gasteiger partial charge in [-0.05, 0) is 38.0 Å². The second kappa shape index (κ2) is 6.25. The number of piperidine rings is 1. The van der Waals surface area contributed by atoms with Crippen molar-refractivity contribution in [2.75, 3.05) is 6.54 Å². The first-order chi connectivity index (χ1) is 10.1. The van der Waals surface area contributed by atoms with Gasteiger partial charge in [-0.2, -0.15) is 4.31 Å². The standard InChI is InChI=1S/C13H21N3O4S2/c1-10(14)13-7-2-3-8-16(13)22(19,20)12-6-4-5-11(9-12)21(15,17)18/h4-6,9-10,13H,2-3,7-8,14H2,1H3,(H2,15,17,18)/t10-,13-/m0/s1. The quantitative estimate of drug-likeness (QED) is 0.806. The van der Waals surface area contributed by atoms with Gasteiger partial charge in [0.05, 0.1) is 9.79 Å². The van der Waals surface area contributed by atoms with E-state index in [4.69, 9.17) is 10.9 Å². The van der Waals surface area contributed by atoms with Gasteiger partial charge in [0.25, 0.3) is 0 Å². The molecule has 0 amide bonds. The molecule has 0 radical (unpaired) electrons. The zero-order chi connectivity index (χ0) is 16.5. The summed E-state index contributed by atoms with van der Waals surface area (Å²) in [4.78, 5) is -0.297. The predicted molar refractivity (Wildman–Crippen MR) is 83.0 cm³/mol. The van der Waals surface area contributed by atoms with Crippen molar-refractivity contribution < 1.29 is 16.8 Å². The second-order valence-electron chi connectivity index (χ2n) is 5.56. The highest BCUT2D eigenvalue weighted by atomic mass is 32.2. The molecule has 0 spiro atoms. The summed E-state index contributed by atoms with van der Waals surface area (Å²) in [6.45, 7) is 2.16. The van der Waals surface area contributed by atoms with Crippen LogP contribution in [0.1, 0.15) is 26.2 Å². The van der Waals surface area contributed by atoms with Gasteiger partial charge >= 0.3 is 0 Å². The van der Waals surface area contributed by atoms with Crippen LogP contribution in [0, 0.1) is 0 Å². The molecule has 2 atom stereocenters. The molecule has 2 rings (SSSR count). The molecule has 0 bridgehead atoms. The van der Waals surface area contributed by atoms with Crippen LogP contribution in [0.15, 0.2) is 34.1 Å². The first-order valence-corrected chi connectivity index (χ1v) is 10.0. The maximum Gasteiger partial charge on any atom is 0.243 e. The number of nitrogens with zero attached hydrogens (tertiary/aromatic N) is 1. The highest BCUT2D eigenvalue weighted by Gasteiger charge is 2.35. The Labute approximate surface area is 131 Å². The van der Waals surface area contributed by atoms with E-state index in [9.17, 15) is 16.8 Å². The molecule has 0 saturated carbocycles. The van der Waals surface area contributed by atoms with Gasteiger partial charge in [-0.15, -0.1) is 0 Å². The molecule has 0 aliphatic carbocycles. The summed E-state index contributed by atoms with van der Waals surface area (Å²) in [5, 5.41) is 5.07. The van der Waals surface area contributed by atoms with Gasteiger partial charge in [-0.1, -0.05) is 12.5 Å². The topological polar surface area (TPSA) is 124 Å². The van der Waals surface area contributed by atoms with Crippen molar-refractivity contribution in [3.63, 3.8) is 0 Å². The Kier molecular flexibility index (Phi) is 4.93. The molecule has 0 unspecified atom stereocenters. The molecule has 124 valence electrons. The fourth-order valence-corrected chi connectivity index (χ4v) is 5.16. The number of hydrogen-bond acceptors (Lipinski definition) is 5. The van der Waals surface area contributed by atoms with E-state index in [0.29, 0.717) is 13.0 Å². The lowest BCUT2D eigenvalue weighted by molar-refractivity contribution is 0.227. The third-order valence-corrected chi connectivity index (χ3v) is 6.68. The van der Waals surface area contributed by atoms with E-state index in [1.54, 1.807) is 6.92 Å². The molecule has 1 fully saturated rings. The van der Waals surface area contributed by atoms with Crippen LogP contribution in [-0.4, -0.2) is 39.8 Å². The van der Waals surface area contributed by atoms with Gasteiger partial charge in [-0.3, -0.25) is 0 Å². The molecule has 1 saturated heterocycles. The lowest BCUT2D eigenvalue weighted by atomic mass is 10.00. The van der Waals surface area contributed by atoms with Crippen LogP contribution < -0.4 is 10.9 Å². The SMILES string of the molecule is C[C@H](N)[C@@H]1CCCCN1S(=O)(=O)c1cccc(S(N)(=O)=O)c1. The van der Waals surface area contributed by atoms with Crippen molar-refractivity contribution >= 4 is 20.0 Å². The van der Waals surface area contributed by atoms with E-state index in [1.165, 1.54) is 22.5 Å². The highest BCUT2D eigenvalue weighted by molar-refractivity contribution is 7.90. The lowest BCUT2D eigenvalue weighted by Crippen LogP contribution is -2.51. The number of rotatable bonds is 4. The molecule has 1 aromatic rings. The summed E-state index contributed by atoms with van der Waals surface area (Å²) >= 11 is 0. The zero-order valence-electron chi connectivity index (χ0n) is 12.3. The summed E-state index contributed by atoms with van der Waals surface area (Å²) in [6.07, 6.45) is 2.39. The fraction of sp³-hybridized carbons (Fsp3) is 0.538. The Bertz CT molecular complexity index is 744. The van der Waals surface area contributed by atoms with E-state index >= 15 is 0 Å². The van der Waals surface area contributed by atoms with Crippen LogP contribution in [0.3, 0.4) is 0 Å². The Hall–Kier alpha value is -1.00. The molecule has 1 aliphatic heterocycles. The summed E-state index contributed by atoms with van der Waals surface area (Å²) in [5.41, 5.74) is 5.91. The molecule has 22 heavy (non-hydrogen) atoms. The molecular weight excluding hydrogens is 326 g/mol. The number of benzene rings is 1. The van der Waals surface area contributed by atoms with Crippen molar-refractivity contribution in [1.82, 2.24) is 4.31 Å². The van der Waals surface area contributed by atoms with Crippen molar-refractivity contribution in [3.05, 3.63) is 24.3 Å². The summed E-state index contributed by atoms with van der Waals surface area (Å²) in [7, 11) is -7.76. The Balaban J connectivity index is 2.46. The van der Waals surface area contributed by atoms with Crippen LogP contribution >= 0.6 is 0 Å². The van der Waals surface area contributed by atoms with Gasteiger partial charge in [-0.25, -0.2) is 22.0 Å². The van der Waals surface area contributed by atoms with Crippen LogP contribution in [0.25, 0.3) is 0 Å². The predicted octanol–water partition coefficient (Wildman–Crippen LogP) is 0.224. The normalized spacial score (nSPS) is 22.4. The highest BCUT2D eigenvalue weighted by Crippen LogP contribution is 2.27. The van der Waals surface area contributed by atoms with E-state index in [2.05, 4.69) is 0 Å². The minimum Gasteiger partial charge on any atom is -0.326 e. The minimum absolute atomic E-state index is 0.0772. The zero-order valence-corrected chi connectivity index (χ0v) is 14.0. The van der Waals surface area contributed by atoms with Crippen LogP contribution in [-0.2, 0) is 20.0 Å². The van der Waals surface area contributed by atoms with Crippen molar-refractivity contribution in [2.45, 2.75) is 48.1 Å². The second-order valence-corrected chi connectivity index (χ2v) is 9.01. The summed E-state index contributed by atoms with van der Waals surface area (Å²) < 4.78 is 49.8. The minimum atomic E-state index is -3.95. The van der Waals surface area contributed by atoms with Crippen molar-refractivity contribution in [1.29, 1.82) is 0 Å². The molecule has 1 aromatic carbocycles. The van der Waals surface area contributed by atoms with Crippen molar-refractivity contribution in [2.24, 2.45) is 10.9 Å². The largest absolute Gasteiger partial charge is 0.326 e. The van der Waals surface area contributed by atoms with Gasteiger partial charge in [0.1, 0.15) is 0 Å². The molecule has 4 N–H and O–H groups in total. The molecule has 0 aromatic heterocycles. The Morgan fingerprint density at radius 2 is 1.82 bits per heavy atom. The van der Waals surface area contributed by atoms with Gasteiger partial charge in [0.15, 0.2) is 0 Å². The molecule has 9 heteroatoms. The smallest absolute Gasteiger partial charge is 0.243 e. The Morgan fingerprint density at radius 1 is 1.18 bits per heavy atom. The van der Waals surface area contributed by atoms with Gasteiger partial charge < -0.3 is 5.73 Å². The third-order valence-electron chi connectivity index (χ3n) is 3.85. The summed E-state index contributed by atoms with van der Waals surface area (Å²) in [6, 6.07) is 4.53. The summed E-state index contributed by atoms with van der Waals surface area (Å²) in [5.74, 6) is 0. The molecule has 1 heterocycles. The van der Waals surface area contributed by atoms with Crippen LogP contribution in [0.2, 0.25) is 0 Å². The maximum atomic E-state index is 12.8. The fourth-order valence-electron chi connectivity index (χ4n) is 2.70. The first-order valence-electron chi connectivity index (χ1n) is 7.04. The number of primary sulfonamides is 1. The monoisotopic (exact) mass is 347 g/mol. The maximum absolute atomic E-state index is 12.8. The number of hydrogen-bond donors (Lipinski definition) is 2. The molecule has 1 aliphatic rings. The molecule has 7 nitrogen and oxygen atoms in total. The number of sulfonamides is 2. The van der Waals surface area contributed by atoms with E-state index < -0.39 is 20.0 Å². The van der Waals surface area contributed by atoms with Crippen LogP contribution in [0.4, 0.5) is 0 Å². The average molecular weight is 347 g/mol. The van der Waals surface area contributed by atoms with Crippen molar-refractivity contribution in [3.8, 4) is 0 Å². The number of nitrogens with two attached hydrogens (primary N) is 2. The lowest BCUT2D eigenvalue weighted by Gasteiger charge is -2.36. The van der Waals surface area contributed by atoms with Gasteiger partial charge in [0.2, 0.25) is 20.0 Å². The average Bonchev–Trinajstić information content (AvgIpc) is 2.46. The Morgan fingerprint density at radius 3 is 2.41 bits per heavy atom. The van der Waals surface area contributed by atoms with E-state index in [0.717, 1.165) is 18.9 Å². The van der Waals surface area contributed by atoms with E-state index in [-0.39, 0.29) is 21.9 Å². The van der Waals surface area contributed by atoms with E-state index in [1.807, 2.05) is 0 Å². The third kappa shape index (κ3) is 3.49. The first kappa shape index (κ1) is 17.4. The molecular formula is C13H21N3O4S2. The van der Waals surface area contributed by atoms with Crippen LogP contribution in [0.5, 0.6) is 0 Å².